The molecule has 0 radical (unpaired) electrons. The molecule has 1 aliphatic rings. The van der Waals surface area contributed by atoms with Crippen LogP contribution in [0.4, 0.5) is 0 Å². The van der Waals surface area contributed by atoms with Gasteiger partial charge in [-0.25, -0.2) is 0 Å². The number of rotatable bonds is 4. The predicted molar refractivity (Wildman–Crippen MR) is 62.6 cm³/mol. The number of nitrogens with zero attached hydrogens (tertiary/aromatic N) is 1. The van der Waals surface area contributed by atoms with E-state index in [9.17, 15) is 0 Å². The Balaban J connectivity index is 2.73. The molecule has 0 bridgehead atoms. The lowest BCUT2D eigenvalue weighted by molar-refractivity contribution is 0.407. The van der Waals surface area contributed by atoms with E-state index in [-0.39, 0.29) is 0 Å². The average molecular weight is 199 g/mol. The Bertz CT molecular complexity index is 146. The van der Waals surface area contributed by atoms with Gasteiger partial charge in [0.25, 0.3) is 0 Å². The molecule has 1 unspecified atom stereocenters. The molecule has 0 aromatic rings. The molecule has 0 N–H and O–H groups in total. The minimum absolute atomic E-state index is 0.881. The van der Waals surface area contributed by atoms with Gasteiger partial charge in [-0.05, 0) is 37.5 Å². The molecule has 13 heavy (non-hydrogen) atoms. The zero-order chi connectivity index (χ0) is 9.90. The fourth-order valence-corrected chi connectivity index (χ4v) is 7.41. The van der Waals surface area contributed by atoms with Crippen molar-refractivity contribution in [3.05, 3.63) is 0 Å². The third-order valence-electron chi connectivity index (χ3n) is 4.14. The van der Waals surface area contributed by atoms with Crippen LogP contribution < -0.4 is 0 Å². The highest BCUT2D eigenvalue weighted by Crippen LogP contribution is 2.31. The Morgan fingerprint density at radius 3 is 2.00 bits per heavy atom. The van der Waals surface area contributed by atoms with Gasteiger partial charge in [0.2, 0.25) is 0 Å². The largest absolute Gasteiger partial charge is 0.321 e. The van der Waals surface area contributed by atoms with Gasteiger partial charge in [-0.2, -0.15) is 0 Å². The first kappa shape index (κ1) is 11.3. The van der Waals surface area contributed by atoms with Crippen LogP contribution in [0.25, 0.3) is 0 Å². The maximum absolute atomic E-state index is 2.90. The summed E-state index contributed by atoms with van der Waals surface area (Å²) in [5.41, 5.74) is 0. The Morgan fingerprint density at radius 1 is 1.15 bits per heavy atom. The van der Waals surface area contributed by atoms with Crippen molar-refractivity contribution < 1.29 is 0 Å². The van der Waals surface area contributed by atoms with Crippen molar-refractivity contribution in [2.24, 2.45) is 0 Å². The molecule has 1 fully saturated rings. The first-order chi connectivity index (χ1) is 6.20. The molecule has 1 saturated heterocycles. The zero-order valence-electron chi connectivity index (χ0n) is 9.77. The van der Waals surface area contributed by atoms with Crippen molar-refractivity contribution in [3.63, 3.8) is 0 Å². The molecule has 2 heteroatoms. The molecule has 0 aromatic heterocycles. The van der Waals surface area contributed by atoms with E-state index in [1.54, 1.807) is 0 Å². The normalized spacial score (nSPS) is 25.4. The van der Waals surface area contributed by atoms with Gasteiger partial charge in [-0.1, -0.05) is 27.7 Å². The van der Waals surface area contributed by atoms with Crippen LogP contribution in [0.5, 0.6) is 0 Å². The smallest absolute Gasteiger partial charge is 0.127 e. The third kappa shape index (κ3) is 1.99. The fraction of sp³-hybridized carbons (Fsp3) is 1.00. The number of hydrogen-bond donors (Lipinski definition) is 0. The van der Waals surface area contributed by atoms with Crippen LogP contribution in [0.2, 0.25) is 18.1 Å². The number of hydrogen-bond acceptors (Lipinski definition) is 1. The Hall–Kier alpha value is 0.177. The van der Waals surface area contributed by atoms with Gasteiger partial charge in [0, 0.05) is 6.04 Å². The van der Waals surface area contributed by atoms with Gasteiger partial charge in [-0.3, -0.25) is 0 Å². The molecule has 0 spiro atoms. The summed E-state index contributed by atoms with van der Waals surface area (Å²) in [6.45, 7) is 11.0. The van der Waals surface area contributed by atoms with Crippen molar-refractivity contribution in [3.8, 4) is 0 Å². The first-order valence-electron chi connectivity index (χ1n) is 5.97. The summed E-state index contributed by atoms with van der Waals surface area (Å²) >= 11 is 0. The molecule has 0 saturated carbocycles. The summed E-state index contributed by atoms with van der Waals surface area (Å²) in [6, 6.07) is 5.23. The van der Waals surface area contributed by atoms with Crippen LogP contribution in [-0.4, -0.2) is 25.4 Å². The molecule has 1 atom stereocenters. The third-order valence-corrected chi connectivity index (χ3v) is 9.97. The van der Waals surface area contributed by atoms with Crippen LogP contribution in [0.15, 0.2) is 0 Å². The molecule has 1 nitrogen and oxygen atoms in total. The van der Waals surface area contributed by atoms with Crippen molar-refractivity contribution in [1.82, 2.24) is 4.57 Å². The van der Waals surface area contributed by atoms with Gasteiger partial charge in [0.05, 0.1) is 0 Å². The Kier molecular flexibility index (Phi) is 3.99. The topological polar surface area (TPSA) is 3.24 Å². The molecular weight excluding hydrogens is 174 g/mol. The molecular formula is C11H25NSi. The Labute approximate surface area is 84.6 Å². The van der Waals surface area contributed by atoms with Crippen molar-refractivity contribution >= 4 is 8.24 Å². The van der Waals surface area contributed by atoms with Crippen LogP contribution in [0.1, 0.15) is 40.5 Å². The minimum atomic E-state index is -1.01. The lowest BCUT2D eigenvalue weighted by Gasteiger charge is -2.41. The summed E-state index contributed by atoms with van der Waals surface area (Å²) in [4.78, 5) is 0. The van der Waals surface area contributed by atoms with Crippen LogP contribution in [-0.2, 0) is 0 Å². The second kappa shape index (κ2) is 4.60. The molecule has 78 valence electrons. The van der Waals surface area contributed by atoms with Gasteiger partial charge in [0.1, 0.15) is 8.24 Å². The van der Waals surface area contributed by atoms with E-state index in [4.69, 9.17) is 0 Å². The van der Waals surface area contributed by atoms with E-state index < -0.39 is 8.24 Å². The van der Waals surface area contributed by atoms with Gasteiger partial charge >= 0.3 is 0 Å². The summed E-state index contributed by atoms with van der Waals surface area (Å²) < 4.78 is 2.90. The monoisotopic (exact) mass is 199 g/mol. The van der Waals surface area contributed by atoms with E-state index in [1.807, 2.05) is 0 Å². The second-order valence-corrected chi connectivity index (χ2v) is 9.61. The molecule has 1 aliphatic heterocycles. The van der Waals surface area contributed by atoms with Crippen LogP contribution >= 0.6 is 0 Å². The molecule has 0 amide bonds. The van der Waals surface area contributed by atoms with Gasteiger partial charge < -0.3 is 4.57 Å². The maximum atomic E-state index is 2.90. The molecule has 0 aliphatic carbocycles. The zero-order valence-corrected chi connectivity index (χ0v) is 10.8. The van der Waals surface area contributed by atoms with Crippen molar-refractivity contribution in [2.45, 2.75) is 64.7 Å². The fourth-order valence-electron chi connectivity index (χ4n) is 3.00. The quantitative estimate of drug-likeness (QED) is 0.627. The lowest BCUT2D eigenvalue weighted by atomic mass is 10.3. The standard InChI is InChI=1S/C11H25NSi/c1-5-13(6-2,7-3)12-10-8-9-11(12)4/h11H,5-10H2,1-4H3. The maximum Gasteiger partial charge on any atom is 0.127 e. The summed E-state index contributed by atoms with van der Waals surface area (Å²) in [5.74, 6) is 0. The van der Waals surface area contributed by atoms with E-state index in [0.717, 1.165) is 6.04 Å². The first-order valence-corrected chi connectivity index (χ1v) is 8.53. The summed E-state index contributed by atoms with van der Waals surface area (Å²) in [6.07, 6.45) is 2.88. The van der Waals surface area contributed by atoms with Crippen molar-refractivity contribution in [2.75, 3.05) is 6.54 Å². The van der Waals surface area contributed by atoms with Crippen molar-refractivity contribution in [1.29, 1.82) is 0 Å². The summed E-state index contributed by atoms with van der Waals surface area (Å²) in [7, 11) is -1.01. The highest BCUT2D eigenvalue weighted by atomic mass is 28.3. The lowest BCUT2D eigenvalue weighted by Crippen LogP contribution is -2.53. The average Bonchev–Trinajstić information content (AvgIpc) is 2.57. The molecule has 1 rings (SSSR count). The van der Waals surface area contributed by atoms with E-state index in [1.165, 1.54) is 37.5 Å². The van der Waals surface area contributed by atoms with Gasteiger partial charge in [-0.15, -0.1) is 0 Å². The SMILES string of the molecule is CC[Si](CC)(CC)N1CCCC1C. The predicted octanol–water partition coefficient (Wildman–Crippen LogP) is 3.48. The van der Waals surface area contributed by atoms with E-state index in [2.05, 4.69) is 32.3 Å². The Morgan fingerprint density at radius 2 is 1.69 bits per heavy atom. The van der Waals surface area contributed by atoms with E-state index in [0.29, 0.717) is 0 Å². The van der Waals surface area contributed by atoms with Crippen LogP contribution in [0, 0.1) is 0 Å². The highest BCUT2D eigenvalue weighted by Gasteiger charge is 2.38. The second-order valence-electron chi connectivity index (χ2n) is 4.47. The highest BCUT2D eigenvalue weighted by molar-refractivity contribution is 6.77. The van der Waals surface area contributed by atoms with E-state index >= 15 is 0 Å². The minimum Gasteiger partial charge on any atom is -0.321 e. The van der Waals surface area contributed by atoms with Crippen LogP contribution in [0.3, 0.4) is 0 Å². The molecule has 1 heterocycles. The molecule has 0 aromatic carbocycles. The summed E-state index contributed by atoms with van der Waals surface area (Å²) in [5, 5.41) is 0. The van der Waals surface area contributed by atoms with Gasteiger partial charge in [0.15, 0.2) is 0 Å².